The summed E-state index contributed by atoms with van der Waals surface area (Å²) in [6.45, 7) is 3.50. The monoisotopic (exact) mass is 311 g/mol. The van der Waals surface area contributed by atoms with Crippen LogP contribution in [-0.4, -0.2) is 28.0 Å². The molecule has 3 rings (SSSR count). The number of aromatic nitrogens is 1. The van der Waals surface area contributed by atoms with Gasteiger partial charge in [-0.15, -0.1) is 0 Å². The number of nitrogens with zero attached hydrogens (tertiary/aromatic N) is 2. The molecule has 0 amide bonds. The third-order valence-electron chi connectivity index (χ3n) is 3.96. The van der Waals surface area contributed by atoms with E-state index in [4.69, 9.17) is 12.2 Å². The molecule has 3 nitrogen and oxygen atoms in total. The summed E-state index contributed by atoms with van der Waals surface area (Å²) in [6, 6.07) is 14.3. The van der Waals surface area contributed by atoms with Crippen LogP contribution in [0, 0.1) is 0 Å². The number of anilines is 1. The molecule has 114 valence electrons. The molecule has 1 aromatic heterocycles. The van der Waals surface area contributed by atoms with Crippen molar-refractivity contribution in [3.8, 4) is 0 Å². The van der Waals surface area contributed by atoms with Crippen molar-refractivity contribution in [1.29, 1.82) is 0 Å². The van der Waals surface area contributed by atoms with E-state index in [0.29, 0.717) is 4.99 Å². The summed E-state index contributed by atoms with van der Waals surface area (Å²) < 4.78 is 0. The van der Waals surface area contributed by atoms with Gasteiger partial charge in [0.05, 0.1) is 5.69 Å². The minimum Gasteiger partial charge on any atom is -0.345 e. The van der Waals surface area contributed by atoms with Gasteiger partial charge in [0.1, 0.15) is 4.99 Å². The predicted molar refractivity (Wildman–Crippen MR) is 95.1 cm³/mol. The Morgan fingerprint density at radius 1 is 1.05 bits per heavy atom. The number of piperidine rings is 1. The minimum absolute atomic E-state index is 0.657. The van der Waals surface area contributed by atoms with Crippen molar-refractivity contribution >= 4 is 22.9 Å². The molecule has 0 bridgehead atoms. The smallest absolute Gasteiger partial charge is 0.129 e. The maximum Gasteiger partial charge on any atom is 0.129 e. The Morgan fingerprint density at radius 3 is 2.50 bits per heavy atom. The highest BCUT2D eigenvalue weighted by molar-refractivity contribution is 7.81. The van der Waals surface area contributed by atoms with Crippen molar-refractivity contribution in [3.05, 3.63) is 59.9 Å². The van der Waals surface area contributed by atoms with E-state index in [-0.39, 0.29) is 0 Å². The highest BCUT2D eigenvalue weighted by Crippen LogP contribution is 2.16. The average molecular weight is 311 g/mol. The third kappa shape index (κ3) is 4.12. The molecular formula is C18H21N3S. The van der Waals surface area contributed by atoms with Crippen molar-refractivity contribution in [2.24, 2.45) is 0 Å². The molecule has 4 heteroatoms. The fourth-order valence-corrected chi connectivity index (χ4v) is 3.00. The number of pyridine rings is 1. The number of likely N-dealkylation sites (tertiary alicyclic amines) is 1. The maximum absolute atomic E-state index is 5.38. The van der Waals surface area contributed by atoms with Crippen LogP contribution in [0.15, 0.2) is 48.7 Å². The van der Waals surface area contributed by atoms with Gasteiger partial charge in [-0.1, -0.05) is 36.8 Å². The van der Waals surface area contributed by atoms with Gasteiger partial charge in [0.25, 0.3) is 0 Å². The SMILES string of the molecule is S=C(Nc1ccc(CN2CCCCC2)cc1)c1ccccn1. The Kier molecular flexibility index (Phi) is 5.14. The van der Waals surface area contributed by atoms with Crippen LogP contribution in [0.5, 0.6) is 0 Å². The minimum atomic E-state index is 0.657. The van der Waals surface area contributed by atoms with Gasteiger partial charge >= 0.3 is 0 Å². The molecule has 0 unspecified atom stereocenters. The highest BCUT2D eigenvalue weighted by Gasteiger charge is 2.10. The van der Waals surface area contributed by atoms with Crippen LogP contribution in [0.3, 0.4) is 0 Å². The molecule has 1 N–H and O–H groups in total. The van der Waals surface area contributed by atoms with E-state index >= 15 is 0 Å². The van der Waals surface area contributed by atoms with E-state index < -0.39 is 0 Å². The van der Waals surface area contributed by atoms with Gasteiger partial charge in [0.2, 0.25) is 0 Å². The Hall–Kier alpha value is -1.78. The van der Waals surface area contributed by atoms with Crippen LogP contribution in [0.1, 0.15) is 30.5 Å². The summed E-state index contributed by atoms with van der Waals surface area (Å²) >= 11 is 5.38. The lowest BCUT2D eigenvalue weighted by Gasteiger charge is -2.26. The lowest BCUT2D eigenvalue weighted by atomic mass is 10.1. The van der Waals surface area contributed by atoms with Crippen molar-refractivity contribution in [2.45, 2.75) is 25.8 Å². The van der Waals surface area contributed by atoms with E-state index in [0.717, 1.165) is 17.9 Å². The topological polar surface area (TPSA) is 28.2 Å². The van der Waals surface area contributed by atoms with Crippen molar-refractivity contribution < 1.29 is 0 Å². The van der Waals surface area contributed by atoms with Crippen molar-refractivity contribution in [3.63, 3.8) is 0 Å². The van der Waals surface area contributed by atoms with Gasteiger partial charge in [-0.3, -0.25) is 9.88 Å². The second-order valence-electron chi connectivity index (χ2n) is 5.70. The standard InChI is InChI=1S/C18H21N3S/c22-18(17-6-2-3-11-19-17)20-16-9-7-15(8-10-16)14-21-12-4-1-5-13-21/h2-3,6-11H,1,4-5,12-14H2,(H,20,22). The van der Waals surface area contributed by atoms with E-state index in [1.165, 1.54) is 37.9 Å². The molecular weight excluding hydrogens is 290 g/mol. The molecule has 0 radical (unpaired) electrons. The maximum atomic E-state index is 5.38. The molecule has 0 spiro atoms. The van der Waals surface area contributed by atoms with Crippen LogP contribution >= 0.6 is 12.2 Å². The van der Waals surface area contributed by atoms with E-state index in [9.17, 15) is 0 Å². The lowest BCUT2D eigenvalue weighted by molar-refractivity contribution is 0.221. The number of hydrogen-bond donors (Lipinski definition) is 1. The molecule has 0 atom stereocenters. The number of thiocarbonyl (C=S) groups is 1. The van der Waals surface area contributed by atoms with Crippen LogP contribution in [0.2, 0.25) is 0 Å². The van der Waals surface area contributed by atoms with Gasteiger partial charge in [-0.05, 0) is 55.8 Å². The van der Waals surface area contributed by atoms with Crippen LogP contribution < -0.4 is 5.32 Å². The van der Waals surface area contributed by atoms with Gasteiger partial charge in [-0.25, -0.2) is 0 Å². The number of rotatable bonds is 4. The van der Waals surface area contributed by atoms with Gasteiger partial charge in [0, 0.05) is 18.4 Å². The normalized spacial score (nSPS) is 15.5. The molecule has 1 fully saturated rings. The quantitative estimate of drug-likeness (QED) is 0.868. The van der Waals surface area contributed by atoms with E-state index in [1.54, 1.807) is 6.20 Å². The lowest BCUT2D eigenvalue weighted by Crippen LogP contribution is -2.29. The molecule has 0 saturated carbocycles. The zero-order valence-electron chi connectivity index (χ0n) is 12.7. The van der Waals surface area contributed by atoms with Crippen LogP contribution in [0.4, 0.5) is 5.69 Å². The molecule has 22 heavy (non-hydrogen) atoms. The summed E-state index contributed by atoms with van der Waals surface area (Å²) in [7, 11) is 0. The van der Waals surface area contributed by atoms with Gasteiger partial charge in [0.15, 0.2) is 0 Å². The molecule has 1 aromatic carbocycles. The first kappa shape index (κ1) is 15.1. The summed E-state index contributed by atoms with van der Waals surface area (Å²) in [5.41, 5.74) is 3.17. The molecule has 1 aliphatic rings. The predicted octanol–water partition coefficient (Wildman–Crippen LogP) is 3.86. The zero-order valence-corrected chi connectivity index (χ0v) is 13.5. The van der Waals surface area contributed by atoms with Crippen molar-refractivity contribution in [2.75, 3.05) is 18.4 Å². The van der Waals surface area contributed by atoms with Crippen molar-refractivity contribution in [1.82, 2.24) is 9.88 Å². The molecule has 1 saturated heterocycles. The fourth-order valence-electron chi connectivity index (χ4n) is 2.76. The highest BCUT2D eigenvalue weighted by atomic mass is 32.1. The summed E-state index contributed by atoms with van der Waals surface area (Å²) in [4.78, 5) is 7.45. The summed E-state index contributed by atoms with van der Waals surface area (Å²) in [5, 5.41) is 3.24. The second kappa shape index (κ2) is 7.47. The largest absolute Gasteiger partial charge is 0.345 e. The van der Waals surface area contributed by atoms with E-state index in [2.05, 4.69) is 39.5 Å². The Balaban J connectivity index is 1.58. The number of benzene rings is 1. The molecule has 2 aromatic rings. The average Bonchev–Trinajstić information content (AvgIpc) is 2.58. The molecule has 1 aliphatic heterocycles. The van der Waals surface area contributed by atoms with E-state index in [1.807, 2.05) is 18.2 Å². The van der Waals surface area contributed by atoms with Crippen LogP contribution in [-0.2, 0) is 6.54 Å². The first-order chi connectivity index (χ1) is 10.8. The van der Waals surface area contributed by atoms with Gasteiger partial charge in [-0.2, -0.15) is 0 Å². The Labute approximate surface area is 137 Å². The summed E-state index contributed by atoms with van der Waals surface area (Å²) in [6.07, 6.45) is 5.80. The third-order valence-corrected chi connectivity index (χ3v) is 4.28. The number of hydrogen-bond acceptors (Lipinski definition) is 3. The first-order valence-corrected chi connectivity index (χ1v) is 8.26. The molecule has 0 aliphatic carbocycles. The van der Waals surface area contributed by atoms with Crippen LogP contribution in [0.25, 0.3) is 0 Å². The second-order valence-corrected chi connectivity index (χ2v) is 6.11. The summed E-state index contributed by atoms with van der Waals surface area (Å²) in [5.74, 6) is 0. The number of nitrogens with one attached hydrogen (secondary N) is 1. The first-order valence-electron chi connectivity index (χ1n) is 7.85. The fraction of sp³-hybridized carbons (Fsp3) is 0.333. The zero-order chi connectivity index (χ0) is 15.2. The Bertz CT molecular complexity index is 604. The molecule has 2 heterocycles. The Morgan fingerprint density at radius 2 is 1.82 bits per heavy atom. The van der Waals surface area contributed by atoms with Gasteiger partial charge < -0.3 is 5.32 Å².